The predicted molar refractivity (Wildman–Crippen MR) is 88.4 cm³/mol. The lowest BCUT2D eigenvalue weighted by Gasteiger charge is -2.29. The lowest BCUT2D eigenvalue weighted by atomic mass is 9.99. The molecule has 6 heteroatoms. The Bertz CT molecular complexity index is 656. The number of aryl methyl sites for hydroxylation is 2. The van der Waals surface area contributed by atoms with Crippen LogP contribution in [0.1, 0.15) is 33.0 Å². The third-order valence-electron chi connectivity index (χ3n) is 3.54. The van der Waals surface area contributed by atoms with Gasteiger partial charge in [0.05, 0.1) is 0 Å². The molecule has 1 aliphatic rings. The van der Waals surface area contributed by atoms with E-state index in [9.17, 15) is 4.79 Å². The molecule has 4 nitrogen and oxygen atoms in total. The zero-order valence-corrected chi connectivity index (χ0v) is 13.5. The number of amides is 1. The fourth-order valence-electron chi connectivity index (χ4n) is 2.58. The van der Waals surface area contributed by atoms with Gasteiger partial charge in [-0.25, -0.2) is 4.98 Å². The van der Waals surface area contributed by atoms with Crippen LogP contribution in [0.4, 0.5) is 5.69 Å². The summed E-state index contributed by atoms with van der Waals surface area (Å²) in [4.78, 5) is 18.7. The largest absolute Gasteiger partial charge is 0.325 e. The summed E-state index contributed by atoms with van der Waals surface area (Å²) < 4.78 is 0. The molecule has 0 atom stereocenters. The molecule has 2 aromatic rings. The third kappa shape index (κ3) is 3.10. The maximum Gasteiger partial charge on any atom is 0.277 e. The molecule has 0 bridgehead atoms. The molecule has 0 spiro atoms. The van der Waals surface area contributed by atoms with Crippen molar-refractivity contribution in [2.24, 2.45) is 5.73 Å². The monoisotopic (exact) mass is 323 g/mol. The number of nitrogens with zero attached hydrogens (tertiary/aromatic N) is 2. The van der Waals surface area contributed by atoms with Crippen LogP contribution in [0.15, 0.2) is 23.6 Å². The molecule has 0 saturated heterocycles. The Hall–Kier alpha value is -1.43. The van der Waals surface area contributed by atoms with Gasteiger partial charge >= 0.3 is 0 Å². The van der Waals surface area contributed by atoms with Crippen molar-refractivity contribution in [2.75, 3.05) is 11.4 Å². The second-order valence-corrected chi connectivity index (χ2v) is 5.97. The van der Waals surface area contributed by atoms with E-state index in [2.05, 4.69) is 24.0 Å². The molecule has 2 heterocycles. The molecule has 0 radical (unpaired) electrons. The molecular formula is C15H18ClN3OS. The van der Waals surface area contributed by atoms with Crippen molar-refractivity contribution in [3.05, 3.63) is 45.4 Å². The first-order valence-corrected chi connectivity index (χ1v) is 7.63. The zero-order valence-electron chi connectivity index (χ0n) is 11.8. The number of aromatic nitrogens is 1. The lowest BCUT2D eigenvalue weighted by Crippen LogP contribution is -2.35. The van der Waals surface area contributed by atoms with Crippen LogP contribution in [-0.4, -0.2) is 17.4 Å². The Morgan fingerprint density at radius 2 is 2.29 bits per heavy atom. The van der Waals surface area contributed by atoms with Gasteiger partial charge in [0, 0.05) is 24.2 Å². The van der Waals surface area contributed by atoms with Gasteiger partial charge in [0.15, 0.2) is 0 Å². The van der Waals surface area contributed by atoms with Crippen LogP contribution in [-0.2, 0) is 13.0 Å². The third-order valence-corrected chi connectivity index (χ3v) is 4.42. The molecule has 0 aliphatic carbocycles. The van der Waals surface area contributed by atoms with Gasteiger partial charge in [-0.2, -0.15) is 0 Å². The Balaban J connectivity index is 0.00000161. The minimum absolute atomic E-state index is 0. The van der Waals surface area contributed by atoms with E-state index in [1.54, 1.807) is 5.38 Å². The Kier molecular flexibility index (Phi) is 4.98. The molecule has 0 unspecified atom stereocenters. The van der Waals surface area contributed by atoms with Crippen LogP contribution in [0.25, 0.3) is 0 Å². The van der Waals surface area contributed by atoms with Crippen molar-refractivity contribution in [1.29, 1.82) is 0 Å². The SMILES string of the molecule is Cc1ccc2c(c1)CCCN2C(=O)c1csc(CN)n1.Cl. The van der Waals surface area contributed by atoms with Crippen molar-refractivity contribution in [2.45, 2.75) is 26.3 Å². The second kappa shape index (κ2) is 6.56. The first-order valence-electron chi connectivity index (χ1n) is 6.75. The van der Waals surface area contributed by atoms with Gasteiger partial charge in [-0.05, 0) is 31.4 Å². The Morgan fingerprint density at radius 3 is 3.00 bits per heavy atom. The van der Waals surface area contributed by atoms with Crippen molar-refractivity contribution in [1.82, 2.24) is 4.98 Å². The van der Waals surface area contributed by atoms with Crippen molar-refractivity contribution in [3.8, 4) is 0 Å². The van der Waals surface area contributed by atoms with Crippen LogP contribution in [0.5, 0.6) is 0 Å². The van der Waals surface area contributed by atoms with Crippen LogP contribution < -0.4 is 10.6 Å². The van der Waals surface area contributed by atoms with Crippen LogP contribution >= 0.6 is 23.7 Å². The molecule has 1 aliphatic heterocycles. The standard InChI is InChI=1S/C15H17N3OS.ClH/c1-10-4-5-13-11(7-10)3-2-6-18(13)15(19)12-9-20-14(8-16)17-12;/h4-5,7,9H,2-3,6,8,16H2,1H3;1H. The molecular weight excluding hydrogens is 306 g/mol. The molecule has 0 saturated carbocycles. The van der Waals surface area contributed by atoms with Gasteiger partial charge in [-0.1, -0.05) is 17.7 Å². The Morgan fingerprint density at radius 1 is 1.48 bits per heavy atom. The summed E-state index contributed by atoms with van der Waals surface area (Å²) >= 11 is 1.44. The topological polar surface area (TPSA) is 59.2 Å². The first kappa shape index (κ1) is 15.9. The molecule has 1 amide bonds. The maximum atomic E-state index is 12.6. The van der Waals surface area contributed by atoms with E-state index in [4.69, 9.17) is 5.73 Å². The number of fused-ring (bicyclic) bond motifs is 1. The average molecular weight is 324 g/mol. The molecule has 1 aromatic carbocycles. The van der Waals surface area contributed by atoms with Gasteiger partial charge < -0.3 is 10.6 Å². The summed E-state index contributed by atoms with van der Waals surface area (Å²) in [5.74, 6) is -0.0225. The van der Waals surface area contributed by atoms with Gasteiger partial charge in [0.2, 0.25) is 0 Å². The highest BCUT2D eigenvalue weighted by Gasteiger charge is 2.25. The number of rotatable bonds is 2. The predicted octanol–water partition coefficient (Wildman–Crippen LogP) is 2.93. The molecule has 0 fully saturated rings. The second-order valence-electron chi connectivity index (χ2n) is 5.02. The fourth-order valence-corrected chi connectivity index (χ4v) is 3.23. The number of nitrogens with two attached hydrogens (primary N) is 1. The quantitative estimate of drug-likeness (QED) is 0.924. The van der Waals surface area contributed by atoms with E-state index in [1.165, 1.54) is 22.5 Å². The van der Waals surface area contributed by atoms with Crippen molar-refractivity contribution >= 4 is 35.3 Å². The molecule has 112 valence electrons. The minimum Gasteiger partial charge on any atom is -0.325 e. The number of anilines is 1. The number of hydrogen-bond acceptors (Lipinski definition) is 4. The van der Waals surface area contributed by atoms with E-state index in [0.29, 0.717) is 12.2 Å². The number of carbonyl (C=O) groups excluding carboxylic acids is 1. The highest BCUT2D eigenvalue weighted by atomic mass is 35.5. The van der Waals surface area contributed by atoms with E-state index in [0.717, 1.165) is 30.1 Å². The molecule has 1 aromatic heterocycles. The van der Waals surface area contributed by atoms with Gasteiger partial charge in [-0.15, -0.1) is 23.7 Å². The van der Waals surface area contributed by atoms with Crippen LogP contribution in [0.3, 0.4) is 0 Å². The van der Waals surface area contributed by atoms with Gasteiger partial charge in [-0.3, -0.25) is 4.79 Å². The molecule has 2 N–H and O–H groups in total. The van der Waals surface area contributed by atoms with Crippen LogP contribution in [0, 0.1) is 6.92 Å². The summed E-state index contributed by atoms with van der Waals surface area (Å²) in [5.41, 5.74) is 9.57. The van der Waals surface area contributed by atoms with E-state index >= 15 is 0 Å². The normalized spacial score (nSPS) is 13.5. The van der Waals surface area contributed by atoms with E-state index < -0.39 is 0 Å². The molecule has 21 heavy (non-hydrogen) atoms. The highest BCUT2D eigenvalue weighted by Crippen LogP contribution is 2.29. The van der Waals surface area contributed by atoms with Gasteiger partial charge in [0.1, 0.15) is 10.7 Å². The van der Waals surface area contributed by atoms with Crippen molar-refractivity contribution in [3.63, 3.8) is 0 Å². The first-order chi connectivity index (χ1) is 9.69. The fraction of sp³-hybridized carbons (Fsp3) is 0.333. The Labute approximate surface area is 134 Å². The summed E-state index contributed by atoms with van der Waals surface area (Å²) in [5, 5.41) is 2.60. The number of benzene rings is 1. The molecule has 3 rings (SSSR count). The number of carbonyl (C=O) groups is 1. The number of halogens is 1. The van der Waals surface area contributed by atoms with Crippen LogP contribution in [0.2, 0.25) is 0 Å². The smallest absolute Gasteiger partial charge is 0.277 e. The minimum atomic E-state index is -0.0225. The maximum absolute atomic E-state index is 12.6. The summed E-state index contributed by atoms with van der Waals surface area (Å²) in [7, 11) is 0. The van der Waals surface area contributed by atoms with E-state index in [-0.39, 0.29) is 18.3 Å². The van der Waals surface area contributed by atoms with E-state index in [1.807, 2.05) is 11.0 Å². The van der Waals surface area contributed by atoms with Crippen molar-refractivity contribution < 1.29 is 4.79 Å². The average Bonchev–Trinajstić information content (AvgIpc) is 2.94. The van der Waals surface area contributed by atoms with Gasteiger partial charge in [0.25, 0.3) is 5.91 Å². The zero-order chi connectivity index (χ0) is 14.1. The number of hydrogen-bond donors (Lipinski definition) is 1. The summed E-state index contributed by atoms with van der Waals surface area (Å²) in [6.45, 7) is 3.22. The highest BCUT2D eigenvalue weighted by molar-refractivity contribution is 7.09. The summed E-state index contributed by atoms with van der Waals surface area (Å²) in [6, 6.07) is 6.26. The lowest BCUT2D eigenvalue weighted by molar-refractivity contribution is 0.0981. The summed E-state index contributed by atoms with van der Waals surface area (Å²) in [6.07, 6.45) is 2.03. The number of thiazole rings is 1.